The fourth-order valence-corrected chi connectivity index (χ4v) is 4.10. The van der Waals surface area contributed by atoms with Gasteiger partial charge in [-0.3, -0.25) is 19.5 Å². The first-order chi connectivity index (χ1) is 15.9. The van der Waals surface area contributed by atoms with E-state index in [-0.39, 0.29) is 11.3 Å². The van der Waals surface area contributed by atoms with E-state index in [0.717, 1.165) is 23.3 Å². The van der Waals surface area contributed by atoms with E-state index < -0.39 is 17.7 Å². The summed E-state index contributed by atoms with van der Waals surface area (Å²) in [6.45, 7) is 6.39. The molecule has 1 N–H and O–H groups in total. The van der Waals surface area contributed by atoms with Crippen LogP contribution in [-0.4, -0.2) is 28.4 Å². The maximum atomic E-state index is 13.2. The summed E-state index contributed by atoms with van der Waals surface area (Å²) in [6, 6.07) is 15.4. The molecule has 2 aromatic carbocycles. The number of nitrogens with zero attached hydrogens (tertiary/aromatic N) is 2. The zero-order valence-corrected chi connectivity index (χ0v) is 18.9. The predicted octanol–water partition coefficient (Wildman–Crippen LogP) is 5.11. The Morgan fingerprint density at radius 1 is 1.03 bits per heavy atom. The summed E-state index contributed by atoms with van der Waals surface area (Å²) >= 11 is 0. The van der Waals surface area contributed by atoms with Gasteiger partial charge in [0.1, 0.15) is 11.5 Å². The van der Waals surface area contributed by atoms with Crippen molar-refractivity contribution in [1.82, 2.24) is 4.98 Å². The number of aliphatic hydroxyl groups excluding tert-OH is 1. The molecule has 2 heterocycles. The second-order valence-corrected chi connectivity index (χ2v) is 8.06. The maximum Gasteiger partial charge on any atom is 0.300 e. The quantitative estimate of drug-likeness (QED) is 0.326. The smallest absolute Gasteiger partial charge is 0.300 e. The van der Waals surface area contributed by atoms with E-state index in [1.807, 2.05) is 39.0 Å². The second-order valence-electron chi connectivity index (χ2n) is 8.06. The average Bonchev–Trinajstić information content (AvgIpc) is 3.09. The van der Waals surface area contributed by atoms with Crippen LogP contribution >= 0.6 is 0 Å². The number of hydrogen-bond donors (Lipinski definition) is 1. The molecule has 6 nitrogen and oxygen atoms in total. The van der Waals surface area contributed by atoms with Crippen molar-refractivity contribution in [2.45, 2.75) is 33.2 Å². The van der Waals surface area contributed by atoms with E-state index in [1.165, 1.54) is 4.90 Å². The molecule has 0 radical (unpaired) electrons. The van der Waals surface area contributed by atoms with E-state index in [2.05, 4.69) is 4.98 Å². The highest BCUT2D eigenvalue weighted by Crippen LogP contribution is 2.43. The minimum absolute atomic E-state index is 0.0519. The van der Waals surface area contributed by atoms with Gasteiger partial charge in [-0.15, -0.1) is 0 Å². The van der Waals surface area contributed by atoms with Crippen LogP contribution in [0, 0.1) is 13.8 Å². The van der Waals surface area contributed by atoms with Gasteiger partial charge in [-0.2, -0.15) is 0 Å². The number of pyridine rings is 1. The number of aromatic nitrogens is 1. The first-order valence-electron chi connectivity index (χ1n) is 10.9. The summed E-state index contributed by atoms with van der Waals surface area (Å²) in [4.78, 5) is 32.0. The molecule has 1 aromatic heterocycles. The number of Topliss-reactive ketones (excluding diaryl/α,β-unsaturated/α-hetero) is 1. The zero-order chi connectivity index (χ0) is 23.5. The molecule has 33 heavy (non-hydrogen) atoms. The molecule has 4 rings (SSSR count). The molecule has 0 aliphatic carbocycles. The normalized spacial score (nSPS) is 17.4. The minimum atomic E-state index is -0.773. The first-order valence-corrected chi connectivity index (χ1v) is 10.9. The van der Waals surface area contributed by atoms with Gasteiger partial charge < -0.3 is 9.84 Å². The van der Waals surface area contributed by atoms with Crippen molar-refractivity contribution in [2.24, 2.45) is 0 Å². The second kappa shape index (κ2) is 9.28. The van der Waals surface area contributed by atoms with Gasteiger partial charge in [0.25, 0.3) is 11.7 Å². The SMILES string of the molecule is CCCOc1ccc(/C(O)=C2/C(=O)C(=O)N(c3ccccc3C)C2c2ccncc2)cc1C. The molecule has 0 bridgehead atoms. The first kappa shape index (κ1) is 22.3. The fourth-order valence-electron chi connectivity index (χ4n) is 4.10. The van der Waals surface area contributed by atoms with Crippen LogP contribution in [0.4, 0.5) is 5.69 Å². The van der Waals surface area contributed by atoms with Crippen molar-refractivity contribution in [3.8, 4) is 5.75 Å². The summed E-state index contributed by atoms with van der Waals surface area (Å²) in [5, 5.41) is 11.3. The number of benzene rings is 2. The molecule has 168 valence electrons. The van der Waals surface area contributed by atoms with Crippen LogP contribution in [0.2, 0.25) is 0 Å². The highest BCUT2D eigenvalue weighted by Gasteiger charge is 2.47. The zero-order valence-electron chi connectivity index (χ0n) is 18.9. The Hall–Kier alpha value is -3.93. The molecule has 1 atom stereocenters. The van der Waals surface area contributed by atoms with Gasteiger partial charge in [-0.25, -0.2) is 0 Å². The molecule has 1 aliphatic rings. The third kappa shape index (κ3) is 4.12. The minimum Gasteiger partial charge on any atom is -0.507 e. The van der Waals surface area contributed by atoms with Crippen molar-refractivity contribution < 1.29 is 19.4 Å². The van der Waals surface area contributed by atoms with Crippen LogP contribution in [0.15, 0.2) is 72.6 Å². The highest BCUT2D eigenvalue weighted by molar-refractivity contribution is 6.51. The lowest BCUT2D eigenvalue weighted by Crippen LogP contribution is -2.30. The number of para-hydroxylation sites is 1. The number of ether oxygens (including phenoxy) is 1. The van der Waals surface area contributed by atoms with Crippen molar-refractivity contribution in [3.63, 3.8) is 0 Å². The number of aryl methyl sites for hydroxylation is 2. The summed E-state index contributed by atoms with van der Waals surface area (Å²) in [5.74, 6) is -0.885. The van der Waals surface area contributed by atoms with Crippen molar-refractivity contribution in [3.05, 3.63) is 94.8 Å². The van der Waals surface area contributed by atoms with Gasteiger partial charge in [0, 0.05) is 23.6 Å². The Morgan fingerprint density at radius 2 is 1.76 bits per heavy atom. The lowest BCUT2D eigenvalue weighted by Gasteiger charge is -2.26. The Labute approximate surface area is 193 Å². The van der Waals surface area contributed by atoms with E-state index in [9.17, 15) is 14.7 Å². The number of carbonyl (C=O) groups is 2. The molecule has 3 aromatic rings. The van der Waals surface area contributed by atoms with Crippen LogP contribution in [0.1, 0.15) is 41.6 Å². The lowest BCUT2D eigenvalue weighted by molar-refractivity contribution is -0.132. The molecular weight excluding hydrogens is 416 g/mol. The standard InChI is InChI=1S/C27H26N2O4/c1-4-15-33-22-10-9-20(16-18(22)3)25(30)23-24(19-11-13-28-14-12-19)29(27(32)26(23)31)21-8-6-5-7-17(21)2/h5-14,16,24,30H,4,15H2,1-3H3/b25-23-. The summed E-state index contributed by atoms with van der Waals surface area (Å²) < 4.78 is 5.73. The molecule has 1 aliphatic heterocycles. The van der Waals surface area contributed by atoms with E-state index >= 15 is 0 Å². The van der Waals surface area contributed by atoms with Gasteiger partial charge in [0.15, 0.2) is 0 Å². The van der Waals surface area contributed by atoms with Gasteiger partial charge in [0.2, 0.25) is 0 Å². The van der Waals surface area contributed by atoms with Gasteiger partial charge in [-0.1, -0.05) is 25.1 Å². The third-order valence-corrected chi connectivity index (χ3v) is 5.75. The third-order valence-electron chi connectivity index (χ3n) is 5.75. The Balaban J connectivity index is 1.88. The predicted molar refractivity (Wildman–Crippen MR) is 127 cm³/mol. The van der Waals surface area contributed by atoms with Crippen molar-refractivity contribution >= 4 is 23.1 Å². The molecule has 1 amide bonds. The van der Waals surface area contributed by atoms with E-state index in [4.69, 9.17) is 4.74 Å². The summed E-state index contributed by atoms with van der Waals surface area (Å²) in [5.41, 5.74) is 3.51. The summed E-state index contributed by atoms with van der Waals surface area (Å²) in [6.07, 6.45) is 4.10. The number of anilines is 1. The Morgan fingerprint density at radius 3 is 2.42 bits per heavy atom. The van der Waals surface area contributed by atoms with Crippen molar-refractivity contribution in [2.75, 3.05) is 11.5 Å². The number of amides is 1. The lowest BCUT2D eigenvalue weighted by atomic mass is 9.95. The maximum absolute atomic E-state index is 13.2. The Bertz CT molecular complexity index is 1230. The Kier molecular flexibility index (Phi) is 6.27. The molecule has 6 heteroatoms. The highest BCUT2D eigenvalue weighted by atomic mass is 16.5. The van der Waals surface area contributed by atoms with Crippen molar-refractivity contribution in [1.29, 1.82) is 0 Å². The number of hydrogen-bond acceptors (Lipinski definition) is 5. The molecule has 1 unspecified atom stereocenters. The molecule has 0 spiro atoms. The number of ketones is 1. The van der Waals surface area contributed by atoms with Crippen LogP contribution in [0.25, 0.3) is 5.76 Å². The average molecular weight is 443 g/mol. The van der Waals surface area contributed by atoms with E-state index in [0.29, 0.717) is 23.4 Å². The number of aliphatic hydroxyl groups is 1. The topological polar surface area (TPSA) is 79.7 Å². The largest absolute Gasteiger partial charge is 0.507 e. The number of rotatable bonds is 6. The summed E-state index contributed by atoms with van der Waals surface area (Å²) in [7, 11) is 0. The van der Waals surface area contributed by atoms with Crippen LogP contribution in [-0.2, 0) is 9.59 Å². The van der Waals surface area contributed by atoms with Crippen LogP contribution < -0.4 is 9.64 Å². The molecule has 1 saturated heterocycles. The fraction of sp³-hybridized carbons (Fsp3) is 0.222. The van der Waals surface area contributed by atoms with Gasteiger partial charge in [-0.05, 0) is 73.4 Å². The molecule has 1 fully saturated rings. The molecular formula is C27H26N2O4. The number of carbonyl (C=O) groups excluding carboxylic acids is 2. The van der Waals surface area contributed by atoms with Crippen LogP contribution in [0.3, 0.4) is 0 Å². The van der Waals surface area contributed by atoms with E-state index in [1.54, 1.807) is 48.8 Å². The molecule has 0 saturated carbocycles. The van der Waals surface area contributed by atoms with Gasteiger partial charge in [0.05, 0.1) is 18.2 Å². The van der Waals surface area contributed by atoms with Gasteiger partial charge >= 0.3 is 0 Å². The van der Waals surface area contributed by atoms with Crippen LogP contribution in [0.5, 0.6) is 5.75 Å². The monoisotopic (exact) mass is 442 g/mol.